The number of benzene rings is 1. The van der Waals surface area contributed by atoms with E-state index in [1.807, 2.05) is 23.5 Å². The van der Waals surface area contributed by atoms with Crippen LogP contribution in [0.3, 0.4) is 0 Å². The Morgan fingerprint density at radius 2 is 1.89 bits per heavy atom. The molecular weight excluding hydrogens is 254 g/mol. The van der Waals surface area contributed by atoms with Gasteiger partial charge in [-0.05, 0) is 44.6 Å². The van der Waals surface area contributed by atoms with Crippen molar-refractivity contribution in [1.29, 1.82) is 0 Å². The van der Waals surface area contributed by atoms with Gasteiger partial charge in [-0.1, -0.05) is 23.8 Å². The highest BCUT2D eigenvalue weighted by atomic mass is 32.1. The molecule has 0 spiro atoms. The molecule has 0 fully saturated rings. The Hall–Kier alpha value is -1.32. The van der Waals surface area contributed by atoms with Crippen molar-refractivity contribution in [2.24, 2.45) is 0 Å². The molecule has 2 aromatic rings. The van der Waals surface area contributed by atoms with Gasteiger partial charge in [0.25, 0.3) is 0 Å². The predicted octanol–water partition coefficient (Wildman–Crippen LogP) is 4.13. The number of nitrogens with zero attached hydrogens (tertiary/aromatic N) is 1. The van der Waals surface area contributed by atoms with Gasteiger partial charge in [0.05, 0.1) is 6.61 Å². The van der Waals surface area contributed by atoms with Crippen LogP contribution in [0.25, 0.3) is 0 Å². The van der Waals surface area contributed by atoms with Gasteiger partial charge >= 0.3 is 0 Å². The number of aryl methyl sites for hydroxylation is 1. The van der Waals surface area contributed by atoms with Crippen molar-refractivity contribution >= 4 is 11.3 Å². The molecule has 0 aliphatic heterocycles. The van der Waals surface area contributed by atoms with Crippen LogP contribution in [0, 0.1) is 6.92 Å². The second-order valence-corrected chi connectivity index (χ2v) is 5.92. The smallest absolute Gasteiger partial charge is 0.119 e. The molecular formula is C16H21NOS. The van der Waals surface area contributed by atoms with Gasteiger partial charge in [0, 0.05) is 17.3 Å². The van der Waals surface area contributed by atoms with Gasteiger partial charge in [-0.15, -0.1) is 11.3 Å². The Morgan fingerprint density at radius 3 is 2.47 bits per heavy atom. The monoisotopic (exact) mass is 275 g/mol. The largest absolute Gasteiger partial charge is 0.494 e. The fourth-order valence-corrected chi connectivity index (χ4v) is 3.02. The lowest BCUT2D eigenvalue weighted by Gasteiger charge is -2.23. The zero-order valence-electron chi connectivity index (χ0n) is 11.8. The minimum atomic E-state index is 0.436. The van der Waals surface area contributed by atoms with Gasteiger partial charge < -0.3 is 9.64 Å². The van der Waals surface area contributed by atoms with E-state index >= 15 is 0 Å². The molecule has 0 saturated carbocycles. The van der Waals surface area contributed by atoms with E-state index in [1.165, 1.54) is 10.4 Å². The summed E-state index contributed by atoms with van der Waals surface area (Å²) in [6, 6.07) is 13.0. The Bertz CT molecular complexity index is 476. The second kappa shape index (κ2) is 6.73. The van der Waals surface area contributed by atoms with E-state index in [9.17, 15) is 0 Å². The molecule has 0 aliphatic carbocycles. The molecule has 2 nitrogen and oxygen atoms in total. The third kappa shape index (κ3) is 4.08. The Morgan fingerprint density at radius 1 is 1.16 bits per heavy atom. The maximum absolute atomic E-state index is 5.82. The Kier molecular flexibility index (Phi) is 5.00. The van der Waals surface area contributed by atoms with Crippen molar-refractivity contribution in [2.45, 2.75) is 19.4 Å². The summed E-state index contributed by atoms with van der Waals surface area (Å²) in [6.45, 7) is 2.83. The summed E-state index contributed by atoms with van der Waals surface area (Å²) in [5.41, 5.74) is 1.26. The molecule has 0 bridgehead atoms. The van der Waals surface area contributed by atoms with Crippen molar-refractivity contribution in [2.75, 3.05) is 20.7 Å². The van der Waals surface area contributed by atoms with E-state index in [0.717, 1.165) is 18.8 Å². The maximum Gasteiger partial charge on any atom is 0.119 e. The number of rotatable bonds is 6. The summed E-state index contributed by atoms with van der Waals surface area (Å²) in [5, 5.41) is 2.13. The van der Waals surface area contributed by atoms with Gasteiger partial charge in [0.15, 0.2) is 0 Å². The number of hydrogen-bond acceptors (Lipinski definition) is 3. The van der Waals surface area contributed by atoms with Gasteiger partial charge in [-0.2, -0.15) is 0 Å². The fourth-order valence-electron chi connectivity index (χ4n) is 2.06. The van der Waals surface area contributed by atoms with Gasteiger partial charge in [-0.25, -0.2) is 0 Å². The summed E-state index contributed by atoms with van der Waals surface area (Å²) in [6.07, 6.45) is 1.00. The van der Waals surface area contributed by atoms with Crippen LogP contribution >= 0.6 is 11.3 Å². The van der Waals surface area contributed by atoms with Crippen LogP contribution in [0.1, 0.15) is 22.9 Å². The van der Waals surface area contributed by atoms with Crippen LogP contribution in [0.15, 0.2) is 41.8 Å². The quantitative estimate of drug-likeness (QED) is 0.786. The summed E-state index contributed by atoms with van der Waals surface area (Å²) in [4.78, 5) is 3.65. The summed E-state index contributed by atoms with van der Waals surface area (Å²) in [7, 11) is 4.24. The Labute approximate surface area is 119 Å². The molecule has 1 unspecified atom stereocenters. The first-order valence-electron chi connectivity index (χ1n) is 6.56. The van der Waals surface area contributed by atoms with E-state index < -0.39 is 0 Å². The first-order chi connectivity index (χ1) is 9.16. The van der Waals surface area contributed by atoms with E-state index in [4.69, 9.17) is 4.74 Å². The lowest BCUT2D eigenvalue weighted by molar-refractivity contribution is 0.226. The molecule has 0 amide bonds. The first-order valence-corrected chi connectivity index (χ1v) is 7.44. The minimum absolute atomic E-state index is 0.436. The normalized spacial score (nSPS) is 12.6. The van der Waals surface area contributed by atoms with Crippen LogP contribution in [-0.2, 0) is 0 Å². The zero-order chi connectivity index (χ0) is 13.7. The topological polar surface area (TPSA) is 12.5 Å². The molecule has 1 atom stereocenters. The number of hydrogen-bond donors (Lipinski definition) is 0. The third-order valence-electron chi connectivity index (χ3n) is 3.18. The molecule has 2 rings (SSSR count). The van der Waals surface area contributed by atoms with Crippen molar-refractivity contribution in [3.8, 4) is 5.75 Å². The lowest BCUT2D eigenvalue weighted by Crippen LogP contribution is -2.21. The highest BCUT2D eigenvalue weighted by molar-refractivity contribution is 7.10. The third-order valence-corrected chi connectivity index (χ3v) is 4.15. The zero-order valence-corrected chi connectivity index (χ0v) is 12.6. The Balaban J connectivity index is 1.88. The van der Waals surface area contributed by atoms with Gasteiger partial charge in [-0.3, -0.25) is 0 Å². The molecule has 3 heteroatoms. The highest BCUT2D eigenvalue weighted by Crippen LogP contribution is 2.26. The lowest BCUT2D eigenvalue weighted by atomic mass is 10.1. The van der Waals surface area contributed by atoms with Crippen LogP contribution in [0.5, 0.6) is 5.75 Å². The second-order valence-electron chi connectivity index (χ2n) is 4.95. The summed E-state index contributed by atoms with van der Waals surface area (Å²) in [5.74, 6) is 0.953. The highest BCUT2D eigenvalue weighted by Gasteiger charge is 2.14. The standard InChI is InChI=1S/C16H21NOS/c1-13-6-8-14(9-7-13)18-11-10-15(17(2)3)16-5-4-12-19-16/h4-9,12,15H,10-11H2,1-3H3. The van der Waals surface area contributed by atoms with Crippen molar-refractivity contribution in [3.63, 3.8) is 0 Å². The molecule has 1 aromatic carbocycles. The number of ether oxygens (including phenoxy) is 1. The van der Waals surface area contributed by atoms with E-state index in [2.05, 4.69) is 55.6 Å². The van der Waals surface area contributed by atoms with Crippen LogP contribution in [0.4, 0.5) is 0 Å². The molecule has 0 N–H and O–H groups in total. The average molecular weight is 275 g/mol. The van der Waals surface area contributed by atoms with E-state index in [-0.39, 0.29) is 0 Å². The average Bonchev–Trinajstić information content (AvgIpc) is 2.90. The van der Waals surface area contributed by atoms with Gasteiger partial charge in [0.1, 0.15) is 5.75 Å². The SMILES string of the molecule is Cc1ccc(OCCC(c2cccs2)N(C)C)cc1. The van der Waals surface area contributed by atoms with E-state index in [1.54, 1.807) is 0 Å². The molecule has 19 heavy (non-hydrogen) atoms. The molecule has 0 aliphatic rings. The van der Waals surface area contributed by atoms with Crippen LogP contribution in [-0.4, -0.2) is 25.6 Å². The van der Waals surface area contributed by atoms with Crippen molar-refractivity contribution in [3.05, 3.63) is 52.2 Å². The fraction of sp³-hybridized carbons (Fsp3) is 0.375. The summed E-state index contributed by atoms with van der Waals surface area (Å²) < 4.78 is 5.82. The molecule has 0 radical (unpaired) electrons. The van der Waals surface area contributed by atoms with Crippen molar-refractivity contribution in [1.82, 2.24) is 4.90 Å². The van der Waals surface area contributed by atoms with E-state index in [0.29, 0.717) is 6.04 Å². The molecule has 1 aromatic heterocycles. The molecule has 0 saturated heterocycles. The minimum Gasteiger partial charge on any atom is -0.494 e. The first kappa shape index (κ1) is 14.1. The van der Waals surface area contributed by atoms with Crippen LogP contribution in [0.2, 0.25) is 0 Å². The molecule has 102 valence electrons. The predicted molar refractivity (Wildman–Crippen MR) is 82.0 cm³/mol. The molecule has 1 heterocycles. The van der Waals surface area contributed by atoms with Gasteiger partial charge in [0.2, 0.25) is 0 Å². The van der Waals surface area contributed by atoms with Crippen LogP contribution < -0.4 is 4.74 Å². The maximum atomic E-state index is 5.82. The van der Waals surface area contributed by atoms with Crippen molar-refractivity contribution < 1.29 is 4.74 Å². The number of thiophene rings is 1. The summed E-state index contributed by atoms with van der Waals surface area (Å²) >= 11 is 1.81.